The minimum Gasteiger partial charge on any atom is -0.392 e. The van der Waals surface area contributed by atoms with Gasteiger partial charge in [0.25, 0.3) is 0 Å². The molecule has 1 heterocycles. The molecule has 1 aliphatic rings. The van der Waals surface area contributed by atoms with Gasteiger partial charge in [0.2, 0.25) is 5.91 Å². The van der Waals surface area contributed by atoms with Crippen LogP contribution in [0.25, 0.3) is 0 Å². The van der Waals surface area contributed by atoms with Crippen LogP contribution in [-0.2, 0) is 11.4 Å². The fourth-order valence-electron chi connectivity index (χ4n) is 2.13. The van der Waals surface area contributed by atoms with Crippen molar-refractivity contribution in [1.29, 1.82) is 0 Å². The minimum atomic E-state index is -0.484. The summed E-state index contributed by atoms with van der Waals surface area (Å²) in [4.78, 5) is 12.1. The van der Waals surface area contributed by atoms with Gasteiger partial charge in [-0.3, -0.25) is 4.79 Å². The number of para-hydroxylation sites is 1. The van der Waals surface area contributed by atoms with E-state index in [1.165, 1.54) is 0 Å². The van der Waals surface area contributed by atoms with E-state index >= 15 is 0 Å². The first-order valence-electron chi connectivity index (χ1n) is 5.91. The van der Waals surface area contributed by atoms with Crippen LogP contribution in [0.3, 0.4) is 0 Å². The molecule has 0 saturated carbocycles. The number of aliphatic hydroxyl groups excluding tert-OH is 1. The molecular formula is C13H18N2O2. The Bertz CT molecular complexity index is 412. The number of hydrogen-bond acceptors (Lipinski definition) is 3. The normalized spacial score (nSPS) is 23.6. The predicted octanol–water partition coefficient (Wildman–Crippen LogP) is 1.26. The average molecular weight is 234 g/mol. The van der Waals surface area contributed by atoms with E-state index in [1.54, 1.807) is 6.07 Å². The van der Waals surface area contributed by atoms with Crippen molar-refractivity contribution in [2.75, 3.05) is 11.9 Å². The molecule has 1 atom stereocenters. The van der Waals surface area contributed by atoms with Crippen molar-refractivity contribution < 1.29 is 9.90 Å². The Kier molecular flexibility index (Phi) is 3.45. The fourth-order valence-corrected chi connectivity index (χ4v) is 2.13. The van der Waals surface area contributed by atoms with E-state index in [4.69, 9.17) is 0 Å². The van der Waals surface area contributed by atoms with Crippen LogP contribution in [-0.4, -0.2) is 23.1 Å². The summed E-state index contributed by atoms with van der Waals surface area (Å²) in [5.74, 6) is -0.0316. The van der Waals surface area contributed by atoms with E-state index < -0.39 is 5.54 Å². The van der Waals surface area contributed by atoms with Gasteiger partial charge < -0.3 is 15.7 Å². The minimum absolute atomic E-state index is 0.0316. The summed E-state index contributed by atoms with van der Waals surface area (Å²) in [6.45, 7) is 2.73. The van der Waals surface area contributed by atoms with Crippen molar-refractivity contribution in [1.82, 2.24) is 5.32 Å². The number of benzene rings is 1. The van der Waals surface area contributed by atoms with Gasteiger partial charge in [-0.05, 0) is 32.4 Å². The Balaban J connectivity index is 2.12. The highest BCUT2D eigenvalue weighted by atomic mass is 16.3. The number of anilines is 1. The molecule has 0 radical (unpaired) electrons. The van der Waals surface area contributed by atoms with Gasteiger partial charge in [-0.15, -0.1) is 0 Å². The van der Waals surface area contributed by atoms with Crippen molar-refractivity contribution >= 4 is 11.6 Å². The van der Waals surface area contributed by atoms with E-state index in [0.717, 1.165) is 24.9 Å². The first kappa shape index (κ1) is 12.1. The third kappa shape index (κ3) is 2.48. The Morgan fingerprint density at radius 2 is 2.29 bits per heavy atom. The Labute approximate surface area is 101 Å². The molecule has 0 bridgehead atoms. The molecule has 0 aromatic heterocycles. The summed E-state index contributed by atoms with van der Waals surface area (Å²) in [5.41, 5.74) is 0.945. The molecule has 4 heteroatoms. The Morgan fingerprint density at radius 1 is 1.53 bits per heavy atom. The molecule has 2 rings (SSSR count). The van der Waals surface area contributed by atoms with Crippen LogP contribution < -0.4 is 10.6 Å². The van der Waals surface area contributed by atoms with Gasteiger partial charge in [0.1, 0.15) is 0 Å². The standard InChI is InChI=1S/C13H18N2O2/c1-13(7-4-8-14-13)12(17)15-11-6-3-2-5-10(11)9-16/h2-3,5-6,14,16H,4,7-9H2,1H3,(H,15,17). The lowest BCUT2D eigenvalue weighted by molar-refractivity contribution is -0.121. The summed E-state index contributed by atoms with van der Waals surface area (Å²) >= 11 is 0. The van der Waals surface area contributed by atoms with Gasteiger partial charge in [-0.25, -0.2) is 0 Å². The molecule has 1 saturated heterocycles. The molecule has 1 amide bonds. The lowest BCUT2D eigenvalue weighted by Crippen LogP contribution is -2.48. The van der Waals surface area contributed by atoms with Crippen LogP contribution in [0.4, 0.5) is 5.69 Å². The van der Waals surface area contributed by atoms with Crippen molar-refractivity contribution in [2.45, 2.75) is 31.9 Å². The molecule has 0 spiro atoms. The molecule has 4 nitrogen and oxygen atoms in total. The monoisotopic (exact) mass is 234 g/mol. The highest BCUT2D eigenvalue weighted by Crippen LogP contribution is 2.22. The smallest absolute Gasteiger partial charge is 0.244 e. The third-order valence-electron chi connectivity index (χ3n) is 3.31. The van der Waals surface area contributed by atoms with E-state index in [0.29, 0.717) is 5.69 Å². The maximum absolute atomic E-state index is 12.1. The second-order valence-corrected chi connectivity index (χ2v) is 4.63. The highest BCUT2D eigenvalue weighted by Gasteiger charge is 2.35. The van der Waals surface area contributed by atoms with Crippen molar-refractivity contribution in [3.63, 3.8) is 0 Å². The summed E-state index contributed by atoms with van der Waals surface area (Å²) < 4.78 is 0. The van der Waals surface area contributed by atoms with Gasteiger partial charge in [0.05, 0.1) is 12.1 Å². The first-order valence-corrected chi connectivity index (χ1v) is 5.91. The Hall–Kier alpha value is -1.39. The van der Waals surface area contributed by atoms with Crippen LogP contribution >= 0.6 is 0 Å². The molecule has 1 aromatic rings. The SMILES string of the molecule is CC1(C(=O)Nc2ccccc2CO)CCCN1. The molecular weight excluding hydrogens is 216 g/mol. The number of carbonyl (C=O) groups is 1. The maximum atomic E-state index is 12.1. The number of carbonyl (C=O) groups excluding carboxylic acids is 1. The maximum Gasteiger partial charge on any atom is 0.244 e. The van der Waals surface area contributed by atoms with E-state index in [2.05, 4.69) is 10.6 Å². The molecule has 1 aromatic carbocycles. The van der Waals surface area contributed by atoms with Gasteiger partial charge in [-0.1, -0.05) is 18.2 Å². The zero-order chi connectivity index (χ0) is 12.3. The molecule has 1 fully saturated rings. The zero-order valence-electron chi connectivity index (χ0n) is 9.99. The average Bonchev–Trinajstić information content (AvgIpc) is 2.78. The van der Waals surface area contributed by atoms with Crippen molar-refractivity contribution in [2.24, 2.45) is 0 Å². The van der Waals surface area contributed by atoms with Gasteiger partial charge in [0, 0.05) is 11.3 Å². The first-order chi connectivity index (χ1) is 8.15. The summed E-state index contributed by atoms with van der Waals surface area (Å²) in [7, 11) is 0. The highest BCUT2D eigenvalue weighted by molar-refractivity contribution is 5.98. The summed E-state index contributed by atoms with van der Waals surface area (Å²) in [6, 6.07) is 7.30. The topological polar surface area (TPSA) is 61.4 Å². The van der Waals surface area contributed by atoms with Crippen LogP contribution in [0, 0.1) is 0 Å². The van der Waals surface area contributed by atoms with Crippen LogP contribution in [0.5, 0.6) is 0 Å². The van der Waals surface area contributed by atoms with Gasteiger partial charge in [-0.2, -0.15) is 0 Å². The van der Waals surface area contributed by atoms with Crippen molar-refractivity contribution in [3.8, 4) is 0 Å². The molecule has 92 valence electrons. The molecule has 1 unspecified atom stereocenters. The number of nitrogens with one attached hydrogen (secondary N) is 2. The third-order valence-corrected chi connectivity index (χ3v) is 3.31. The second-order valence-electron chi connectivity index (χ2n) is 4.63. The second kappa shape index (κ2) is 4.85. The number of hydrogen-bond donors (Lipinski definition) is 3. The lowest BCUT2D eigenvalue weighted by atomic mass is 9.99. The van der Waals surface area contributed by atoms with E-state index in [9.17, 15) is 9.90 Å². The lowest BCUT2D eigenvalue weighted by Gasteiger charge is -2.23. The van der Waals surface area contributed by atoms with Crippen LogP contribution in [0.15, 0.2) is 24.3 Å². The number of amides is 1. The van der Waals surface area contributed by atoms with Gasteiger partial charge in [0.15, 0.2) is 0 Å². The largest absolute Gasteiger partial charge is 0.392 e. The van der Waals surface area contributed by atoms with Crippen molar-refractivity contribution in [3.05, 3.63) is 29.8 Å². The molecule has 1 aliphatic heterocycles. The quantitative estimate of drug-likeness (QED) is 0.738. The molecule has 3 N–H and O–H groups in total. The Morgan fingerprint density at radius 3 is 2.94 bits per heavy atom. The van der Waals surface area contributed by atoms with Crippen LogP contribution in [0.1, 0.15) is 25.3 Å². The summed E-state index contributed by atoms with van der Waals surface area (Å²) in [6.07, 6.45) is 1.87. The van der Waals surface area contributed by atoms with E-state index in [1.807, 2.05) is 25.1 Å². The fraction of sp³-hybridized carbons (Fsp3) is 0.462. The predicted molar refractivity (Wildman–Crippen MR) is 66.6 cm³/mol. The summed E-state index contributed by atoms with van der Waals surface area (Å²) in [5, 5.41) is 15.3. The zero-order valence-corrected chi connectivity index (χ0v) is 9.99. The number of rotatable bonds is 3. The molecule has 17 heavy (non-hydrogen) atoms. The van der Waals surface area contributed by atoms with E-state index in [-0.39, 0.29) is 12.5 Å². The van der Waals surface area contributed by atoms with Crippen LogP contribution in [0.2, 0.25) is 0 Å². The van der Waals surface area contributed by atoms with Gasteiger partial charge >= 0.3 is 0 Å². The number of aliphatic hydroxyl groups is 1. The molecule has 0 aliphatic carbocycles.